The lowest BCUT2D eigenvalue weighted by molar-refractivity contribution is -0.118. The summed E-state index contributed by atoms with van der Waals surface area (Å²) >= 11 is 1.65. The van der Waals surface area contributed by atoms with E-state index in [2.05, 4.69) is 33.7 Å². The first kappa shape index (κ1) is 19.1. The van der Waals surface area contributed by atoms with Gasteiger partial charge in [0.1, 0.15) is 5.01 Å². The Hall–Kier alpha value is -3.26. The Morgan fingerprint density at radius 3 is 2.79 bits per heavy atom. The molecule has 29 heavy (non-hydrogen) atoms. The van der Waals surface area contributed by atoms with E-state index in [0.717, 1.165) is 50.8 Å². The van der Waals surface area contributed by atoms with Crippen molar-refractivity contribution in [3.8, 4) is 0 Å². The zero-order chi connectivity index (χ0) is 20.2. The first-order valence-corrected chi connectivity index (χ1v) is 10.3. The monoisotopic (exact) mass is 406 g/mol. The van der Waals surface area contributed by atoms with Crippen molar-refractivity contribution in [2.24, 2.45) is 5.10 Å². The highest BCUT2D eigenvalue weighted by Gasteiger charge is 2.18. The van der Waals surface area contributed by atoms with Crippen LogP contribution >= 0.6 is 11.3 Å². The van der Waals surface area contributed by atoms with E-state index >= 15 is 0 Å². The topological polar surface area (TPSA) is 79.2 Å². The minimum atomic E-state index is 0.435. The molecule has 1 amide bonds. The van der Waals surface area contributed by atoms with Gasteiger partial charge < -0.3 is 4.57 Å². The summed E-state index contributed by atoms with van der Waals surface area (Å²) in [5.41, 5.74) is 5.06. The van der Waals surface area contributed by atoms with Crippen LogP contribution in [0.15, 0.2) is 47.7 Å². The molecular formula is C21H22N6OS. The van der Waals surface area contributed by atoms with Crippen LogP contribution in [-0.2, 0) is 24.3 Å². The molecule has 1 aromatic carbocycles. The van der Waals surface area contributed by atoms with Crippen molar-refractivity contribution >= 4 is 34.3 Å². The Bertz CT molecular complexity index is 1130. The number of aromatic amines is 1. The molecule has 0 saturated carbocycles. The van der Waals surface area contributed by atoms with Crippen LogP contribution in [0.25, 0.3) is 10.3 Å². The second-order valence-corrected chi connectivity index (χ2v) is 7.76. The van der Waals surface area contributed by atoms with E-state index in [0.29, 0.717) is 13.0 Å². The minimum Gasteiger partial charge on any atom is -0.329 e. The Balaban J connectivity index is 1.64. The van der Waals surface area contributed by atoms with Gasteiger partial charge in [0, 0.05) is 30.4 Å². The number of nitrogens with one attached hydrogen (secondary N) is 1. The van der Waals surface area contributed by atoms with Gasteiger partial charge in [0.2, 0.25) is 6.41 Å². The highest BCUT2D eigenvalue weighted by molar-refractivity contribution is 7.19. The zero-order valence-electron chi connectivity index (χ0n) is 16.4. The summed E-state index contributed by atoms with van der Waals surface area (Å²) in [6.07, 6.45) is 5.04. The lowest BCUT2D eigenvalue weighted by atomic mass is 10.2. The van der Waals surface area contributed by atoms with Gasteiger partial charge in [-0.05, 0) is 25.5 Å². The Kier molecular flexibility index (Phi) is 5.53. The molecule has 3 heterocycles. The summed E-state index contributed by atoms with van der Waals surface area (Å²) in [7, 11) is 0. The van der Waals surface area contributed by atoms with E-state index in [9.17, 15) is 4.79 Å². The summed E-state index contributed by atoms with van der Waals surface area (Å²) in [6, 6.07) is 11.8. The first-order valence-electron chi connectivity index (χ1n) is 9.46. The molecule has 0 aliphatic rings. The number of hydrazone groups is 1. The molecule has 4 aromatic rings. The van der Waals surface area contributed by atoms with Crippen LogP contribution in [0.5, 0.6) is 0 Å². The molecule has 1 N–H and O–H groups in total. The Morgan fingerprint density at radius 1 is 1.28 bits per heavy atom. The van der Waals surface area contributed by atoms with Crippen LogP contribution in [0, 0.1) is 6.92 Å². The molecule has 0 saturated heterocycles. The zero-order valence-corrected chi connectivity index (χ0v) is 17.2. The summed E-state index contributed by atoms with van der Waals surface area (Å²) in [4.78, 5) is 16.3. The van der Waals surface area contributed by atoms with Gasteiger partial charge in [-0.1, -0.05) is 30.3 Å². The van der Waals surface area contributed by atoms with Gasteiger partial charge in [0.15, 0.2) is 5.65 Å². The summed E-state index contributed by atoms with van der Waals surface area (Å²) in [6.45, 7) is 5.43. The number of thiazole rings is 1. The van der Waals surface area contributed by atoms with Gasteiger partial charge in [0.25, 0.3) is 0 Å². The van der Waals surface area contributed by atoms with E-state index in [1.54, 1.807) is 17.6 Å². The summed E-state index contributed by atoms with van der Waals surface area (Å²) in [5.74, 6) is 0. The predicted molar refractivity (Wildman–Crippen MR) is 115 cm³/mol. The third kappa shape index (κ3) is 3.97. The van der Waals surface area contributed by atoms with Gasteiger partial charge in [-0.25, -0.2) is 9.99 Å². The lowest BCUT2D eigenvalue weighted by Crippen LogP contribution is -2.14. The number of rotatable bonds is 8. The molecule has 0 aliphatic heterocycles. The van der Waals surface area contributed by atoms with Crippen molar-refractivity contribution in [1.29, 1.82) is 0 Å². The Morgan fingerprint density at radius 2 is 2.10 bits per heavy atom. The quantitative estimate of drug-likeness (QED) is 0.275. The molecule has 4 rings (SSSR count). The fraction of sp³-hybridized carbons (Fsp3) is 0.238. The fourth-order valence-corrected chi connectivity index (χ4v) is 4.49. The van der Waals surface area contributed by atoms with Gasteiger partial charge in [-0.3, -0.25) is 9.89 Å². The normalized spacial score (nSPS) is 11.5. The highest BCUT2D eigenvalue weighted by Crippen LogP contribution is 2.31. The fourth-order valence-electron chi connectivity index (χ4n) is 3.35. The largest absolute Gasteiger partial charge is 0.329 e. The van der Waals surface area contributed by atoms with Crippen LogP contribution in [0.3, 0.4) is 0 Å². The number of carbonyl (C=O) groups is 1. The van der Waals surface area contributed by atoms with Gasteiger partial charge >= 0.3 is 0 Å². The molecule has 0 radical (unpaired) electrons. The van der Waals surface area contributed by atoms with Gasteiger partial charge in [-0.15, -0.1) is 11.3 Å². The third-order valence-corrected chi connectivity index (χ3v) is 5.88. The highest BCUT2D eigenvalue weighted by atomic mass is 32.1. The molecule has 148 valence electrons. The molecule has 0 fully saturated rings. The van der Waals surface area contributed by atoms with Gasteiger partial charge in [-0.2, -0.15) is 10.2 Å². The number of carbonyl (C=O) groups excluding carboxylic acids is 1. The number of hydrogen-bond donors (Lipinski definition) is 1. The Labute approximate surface area is 172 Å². The van der Waals surface area contributed by atoms with E-state index in [4.69, 9.17) is 4.98 Å². The van der Waals surface area contributed by atoms with E-state index < -0.39 is 0 Å². The number of fused-ring (bicyclic) bond motifs is 1. The van der Waals surface area contributed by atoms with Crippen LogP contribution in [0.4, 0.5) is 0 Å². The number of aromatic nitrogens is 4. The predicted octanol–water partition coefficient (Wildman–Crippen LogP) is 3.73. The molecule has 0 atom stereocenters. The van der Waals surface area contributed by atoms with E-state index in [1.807, 2.05) is 42.6 Å². The standard InChI is InChI=1S/C21H22N6OS/c1-3-27-15(2)18(12-23-26(14-28)13-16-7-5-4-6-8-16)20-21(27)24-19(29-20)11-17-9-10-22-25-17/h4-10,12,14H,3,11,13H2,1-2H3,(H,22,25)/b23-12-. The van der Waals surface area contributed by atoms with Gasteiger partial charge in [0.05, 0.1) is 23.2 Å². The molecule has 0 unspecified atom stereocenters. The van der Waals surface area contributed by atoms with E-state index in [-0.39, 0.29) is 0 Å². The summed E-state index contributed by atoms with van der Waals surface area (Å²) < 4.78 is 3.27. The van der Waals surface area contributed by atoms with Crippen molar-refractivity contribution in [3.05, 3.63) is 70.1 Å². The van der Waals surface area contributed by atoms with Crippen molar-refractivity contribution in [3.63, 3.8) is 0 Å². The molecular weight excluding hydrogens is 384 g/mol. The summed E-state index contributed by atoms with van der Waals surface area (Å²) in [5, 5.41) is 13.9. The molecule has 3 aromatic heterocycles. The molecule has 7 nitrogen and oxygen atoms in total. The maximum absolute atomic E-state index is 11.5. The smallest absolute Gasteiger partial charge is 0.230 e. The van der Waals surface area contributed by atoms with Crippen molar-refractivity contribution in [2.75, 3.05) is 0 Å². The minimum absolute atomic E-state index is 0.435. The van der Waals surface area contributed by atoms with Crippen LogP contribution in [0.2, 0.25) is 0 Å². The number of benzene rings is 1. The van der Waals surface area contributed by atoms with Crippen LogP contribution < -0.4 is 0 Å². The number of H-pyrrole nitrogens is 1. The third-order valence-electron chi connectivity index (χ3n) is 4.80. The van der Waals surface area contributed by atoms with Crippen molar-refractivity contribution < 1.29 is 4.79 Å². The molecule has 0 bridgehead atoms. The maximum atomic E-state index is 11.5. The number of aryl methyl sites for hydroxylation is 1. The van der Waals surface area contributed by atoms with Crippen molar-refractivity contribution in [1.82, 2.24) is 24.8 Å². The second kappa shape index (κ2) is 8.40. The average Bonchev–Trinajstić information content (AvgIpc) is 3.44. The second-order valence-electron chi connectivity index (χ2n) is 6.68. The van der Waals surface area contributed by atoms with Crippen LogP contribution in [-0.4, -0.2) is 37.4 Å². The lowest BCUT2D eigenvalue weighted by Gasteiger charge is -2.10. The van der Waals surface area contributed by atoms with Crippen molar-refractivity contribution in [2.45, 2.75) is 33.4 Å². The average molecular weight is 407 g/mol. The molecule has 0 spiro atoms. The number of hydrogen-bond acceptors (Lipinski definition) is 5. The first-order chi connectivity index (χ1) is 14.2. The van der Waals surface area contributed by atoms with Crippen LogP contribution in [0.1, 0.15) is 34.4 Å². The number of amides is 1. The SMILES string of the molecule is CCn1c(C)c(/C=N\N(C=O)Cc2ccccc2)c2sc(Cc3cc[nH]n3)nc21. The van der Waals surface area contributed by atoms with E-state index in [1.165, 1.54) is 5.01 Å². The number of nitrogens with zero attached hydrogens (tertiary/aromatic N) is 5. The maximum Gasteiger partial charge on any atom is 0.230 e. The molecule has 0 aliphatic carbocycles. The molecule has 8 heteroatoms.